The lowest BCUT2D eigenvalue weighted by Crippen LogP contribution is -2.28. The van der Waals surface area contributed by atoms with Gasteiger partial charge in [0.1, 0.15) is 0 Å². The summed E-state index contributed by atoms with van der Waals surface area (Å²) in [5, 5.41) is 2.50. The maximum absolute atomic E-state index is 5.12. The number of rotatable bonds is 5. The molecule has 238 valence electrons. The van der Waals surface area contributed by atoms with Crippen LogP contribution in [-0.4, -0.2) is 9.97 Å². The number of aromatic nitrogens is 2. The molecule has 0 aliphatic heterocycles. The van der Waals surface area contributed by atoms with Crippen molar-refractivity contribution in [2.24, 2.45) is 0 Å². The Hall–Kier alpha value is -6.64. The molecule has 1 aliphatic carbocycles. The summed E-state index contributed by atoms with van der Waals surface area (Å²) in [7, 11) is 0. The van der Waals surface area contributed by atoms with Crippen LogP contribution in [-0.2, 0) is 5.41 Å². The largest absolute Gasteiger partial charge is 0.244 e. The van der Waals surface area contributed by atoms with Crippen molar-refractivity contribution < 1.29 is 0 Å². The van der Waals surface area contributed by atoms with Crippen LogP contribution in [0.5, 0.6) is 0 Å². The second kappa shape index (κ2) is 11.8. The van der Waals surface area contributed by atoms with Crippen molar-refractivity contribution in [1.29, 1.82) is 0 Å². The first-order chi connectivity index (χ1) is 25.3. The molecule has 0 amide bonds. The zero-order valence-corrected chi connectivity index (χ0v) is 27.9. The fraction of sp³-hybridized carbons (Fsp3) is 0.0204. The fourth-order valence-electron chi connectivity index (χ4n) is 8.28. The second-order valence-corrected chi connectivity index (χ2v) is 13.3. The van der Waals surface area contributed by atoms with Crippen molar-refractivity contribution in [3.63, 3.8) is 0 Å². The van der Waals surface area contributed by atoms with Crippen LogP contribution in [0.15, 0.2) is 194 Å². The van der Waals surface area contributed by atoms with E-state index in [1.54, 1.807) is 0 Å². The van der Waals surface area contributed by atoms with Gasteiger partial charge in [0.2, 0.25) is 0 Å². The molecule has 0 fully saturated rings. The highest BCUT2D eigenvalue weighted by molar-refractivity contribution is 6.01. The smallest absolute Gasteiger partial charge is 0.0973 e. The Morgan fingerprint density at radius 3 is 1.51 bits per heavy atom. The number of fused-ring (bicyclic) bond motifs is 6. The van der Waals surface area contributed by atoms with Crippen LogP contribution < -0.4 is 0 Å². The summed E-state index contributed by atoms with van der Waals surface area (Å²) in [6.45, 7) is 0. The minimum atomic E-state index is -0.436. The number of para-hydroxylation sites is 2. The van der Waals surface area contributed by atoms with Crippen LogP contribution >= 0.6 is 0 Å². The molecule has 0 saturated carbocycles. The van der Waals surface area contributed by atoms with Gasteiger partial charge in [0.05, 0.1) is 27.8 Å². The molecule has 0 saturated heterocycles. The van der Waals surface area contributed by atoms with Crippen molar-refractivity contribution in [2.75, 3.05) is 0 Å². The summed E-state index contributed by atoms with van der Waals surface area (Å²) >= 11 is 0. The van der Waals surface area contributed by atoms with Gasteiger partial charge in [-0.05, 0) is 73.5 Å². The van der Waals surface area contributed by atoms with Gasteiger partial charge in [0.25, 0.3) is 0 Å². The monoisotopic (exact) mass is 648 g/mol. The zero-order valence-electron chi connectivity index (χ0n) is 27.9. The molecule has 2 nitrogen and oxygen atoms in total. The highest BCUT2D eigenvalue weighted by Crippen LogP contribution is 2.58. The van der Waals surface area contributed by atoms with Gasteiger partial charge in [0.15, 0.2) is 0 Å². The molecule has 0 bridgehead atoms. The Morgan fingerprint density at radius 2 is 0.863 bits per heavy atom. The first-order valence-corrected chi connectivity index (χ1v) is 17.5. The Balaban J connectivity index is 1.12. The lowest BCUT2D eigenvalue weighted by Gasteiger charge is -2.34. The Bertz CT molecular complexity index is 2680. The predicted molar refractivity (Wildman–Crippen MR) is 211 cm³/mol. The van der Waals surface area contributed by atoms with Gasteiger partial charge in [-0.15, -0.1) is 0 Å². The zero-order chi connectivity index (χ0) is 33.8. The van der Waals surface area contributed by atoms with Crippen LogP contribution in [0.1, 0.15) is 22.3 Å². The molecule has 10 rings (SSSR count). The van der Waals surface area contributed by atoms with E-state index in [1.807, 2.05) is 30.3 Å². The molecule has 51 heavy (non-hydrogen) atoms. The van der Waals surface area contributed by atoms with E-state index in [1.165, 1.54) is 49.7 Å². The van der Waals surface area contributed by atoms with Crippen LogP contribution in [0.4, 0.5) is 0 Å². The number of hydrogen-bond donors (Lipinski definition) is 0. The van der Waals surface area contributed by atoms with Gasteiger partial charge >= 0.3 is 0 Å². The van der Waals surface area contributed by atoms with Gasteiger partial charge in [-0.1, -0.05) is 176 Å². The van der Waals surface area contributed by atoms with Gasteiger partial charge in [-0.2, -0.15) is 0 Å². The Kier molecular flexibility index (Phi) is 6.75. The van der Waals surface area contributed by atoms with Gasteiger partial charge in [-0.3, -0.25) is 0 Å². The van der Waals surface area contributed by atoms with Gasteiger partial charge < -0.3 is 0 Å². The van der Waals surface area contributed by atoms with Gasteiger partial charge in [-0.25, -0.2) is 9.97 Å². The molecule has 1 aliphatic rings. The van der Waals surface area contributed by atoms with Crippen molar-refractivity contribution in [1.82, 2.24) is 9.97 Å². The average Bonchev–Trinajstić information content (AvgIpc) is 3.53. The molecule has 2 heteroatoms. The van der Waals surface area contributed by atoms with Crippen molar-refractivity contribution in [3.05, 3.63) is 216 Å². The third-order valence-corrected chi connectivity index (χ3v) is 10.5. The average molecular weight is 649 g/mol. The van der Waals surface area contributed by atoms with E-state index in [0.29, 0.717) is 0 Å². The molecular formula is C49H32N2. The lowest BCUT2D eigenvalue weighted by molar-refractivity contribution is 0.775. The molecule has 1 aromatic heterocycles. The number of hydrogen-bond acceptors (Lipinski definition) is 2. The first-order valence-electron chi connectivity index (χ1n) is 17.5. The Labute approximate surface area is 297 Å². The van der Waals surface area contributed by atoms with Crippen molar-refractivity contribution >= 4 is 21.8 Å². The van der Waals surface area contributed by atoms with E-state index in [-0.39, 0.29) is 0 Å². The molecule has 9 aromatic rings. The van der Waals surface area contributed by atoms with Crippen LogP contribution in [0.25, 0.3) is 66.6 Å². The van der Waals surface area contributed by atoms with Crippen LogP contribution in [0, 0.1) is 0 Å². The second-order valence-electron chi connectivity index (χ2n) is 13.3. The molecule has 0 N–H and O–H groups in total. The quantitative estimate of drug-likeness (QED) is 0.186. The van der Waals surface area contributed by atoms with Crippen LogP contribution in [0.2, 0.25) is 0 Å². The minimum absolute atomic E-state index is 0.436. The third kappa shape index (κ3) is 4.57. The first kappa shape index (κ1) is 29.3. The normalized spacial score (nSPS) is 12.9. The van der Waals surface area contributed by atoms with Gasteiger partial charge in [0, 0.05) is 11.1 Å². The summed E-state index contributed by atoms with van der Waals surface area (Å²) in [5.41, 5.74) is 15.4. The molecule has 8 aromatic carbocycles. The fourth-order valence-corrected chi connectivity index (χ4v) is 8.28. The summed E-state index contributed by atoms with van der Waals surface area (Å²) < 4.78 is 0. The molecule has 0 spiro atoms. The Morgan fingerprint density at radius 1 is 0.353 bits per heavy atom. The van der Waals surface area contributed by atoms with E-state index in [0.717, 1.165) is 39.1 Å². The maximum Gasteiger partial charge on any atom is 0.0973 e. The van der Waals surface area contributed by atoms with E-state index in [9.17, 15) is 0 Å². The van der Waals surface area contributed by atoms with Crippen molar-refractivity contribution in [3.8, 4) is 44.8 Å². The maximum atomic E-state index is 5.12. The highest BCUT2D eigenvalue weighted by Gasteiger charge is 2.46. The summed E-state index contributed by atoms with van der Waals surface area (Å²) in [6, 6.07) is 69.8. The molecule has 0 unspecified atom stereocenters. The highest BCUT2D eigenvalue weighted by atomic mass is 14.8. The molecule has 0 radical (unpaired) electrons. The SMILES string of the molecule is c1ccc(-c2nc3ccccc3nc2-c2ccc(-c3ccc4c5c(ccc4c3)-c3ccccc3C5(c3ccccc3)c3ccccc3)cc2)cc1. The van der Waals surface area contributed by atoms with Crippen LogP contribution in [0.3, 0.4) is 0 Å². The summed E-state index contributed by atoms with van der Waals surface area (Å²) in [4.78, 5) is 10.2. The van der Waals surface area contributed by atoms with E-state index < -0.39 is 5.41 Å². The predicted octanol–water partition coefficient (Wildman–Crippen LogP) is 12.1. The van der Waals surface area contributed by atoms with Crippen molar-refractivity contribution in [2.45, 2.75) is 5.41 Å². The standard InChI is InChI=1S/C49H32N2/c1-4-14-34(15-5-1)47-48(51-45-23-13-12-22-44(45)50-47)35-26-24-33(25-27-35)36-28-30-40-37(32-36)29-31-42-41-20-10-11-21-43(41)49(46(40)42,38-16-6-2-7-17-38)39-18-8-3-9-19-39/h1-32H. The number of nitrogens with zero attached hydrogens (tertiary/aromatic N) is 2. The molecular weight excluding hydrogens is 617 g/mol. The number of benzene rings is 8. The summed E-state index contributed by atoms with van der Waals surface area (Å²) in [5.74, 6) is 0. The van der Waals surface area contributed by atoms with E-state index in [4.69, 9.17) is 9.97 Å². The molecule has 1 heterocycles. The topological polar surface area (TPSA) is 25.8 Å². The lowest BCUT2D eigenvalue weighted by atomic mass is 9.66. The van der Waals surface area contributed by atoms with E-state index in [2.05, 4.69) is 164 Å². The third-order valence-electron chi connectivity index (χ3n) is 10.5. The minimum Gasteiger partial charge on any atom is -0.244 e. The molecule has 0 atom stereocenters. The summed E-state index contributed by atoms with van der Waals surface area (Å²) in [6.07, 6.45) is 0. The van der Waals surface area contributed by atoms with E-state index >= 15 is 0 Å².